The number of hydrogen-bond acceptors (Lipinski definition) is 3. The summed E-state index contributed by atoms with van der Waals surface area (Å²) in [4.78, 5) is 23.6. The number of aromatic nitrogens is 2. The van der Waals surface area contributed by atoms with E-state index in [1.807, 2.05) is 0 Å². The van der Waals surface area contributed by atoms with Crippen LogP contribution < -0.4 is 10.6 Å². The van der Waals surface area contributed by atoms with Gasteiger partial charge in [-0.25, -0.2) is 4.79 Å². The summed E-state index contributed by atoms with van der Waals surface area (Å²) >= 11 is 0. The fourth-order valence-corrected chi connectivity index (χ4v) is 1.57. The normalized spacial score (nSPS) is 11.3. The molecule has 0 spiro atoms. The molecule has 2 amide bonds. The van der Waals surface area contributed by atoms with Crippen LogP contribution in [0.4, 0.5) is 10.6 Å². The lowest BCUT2D eigenvalue weighted by Gasteiger charge is -2.33. The summed E-state index contributed by atoms with van der Waals surface area (Å²) < 4.78 is 1.32. The molecule has 17 heavy (non-hydrogen) atoms. The zero-order chi connectivity index (χ0) is 13.4. The Morgan fingerprint density at radius 1 is 1.47 bits per heavy atom. The number of carboxylic acid groups (broad SMARTS) is 1. The smallest absolute Gasteiger partial charge is 0.413 e. The van der Waals surface area contributed by atoms with E-state index >= 15 is 0 Å². The lowest BCUT2D eigenvalue weighted by atomic mass is 10.1. The second-order valence-electron chi connectivity index (χ2n) is 4.66. The highest BCUT2D eigenvalue weighted by atomic mass is 16.4. The van der Waals surface area contributed by atoms with Crippen molar-refractivity contribution in [2.24, 2.45) is 12.8 Å². The molecule has 7 nitrogen and oxygen atoms in total. The van der Waals surface area contributed by atoms with Crippen molar-refractivity contribution in [1.82, 2.24) is 9.78 Å². The Morgan fingerprint density at radius 3 is 2.35 bits per heavy atom. The number of carbonyl (C=O) groups excluding carboxylic acids is 1. The molecule has 94 valence electrons. The van der Waals surface area contributed by atoms with E-state index in [9.17, 15) is 14.7 Å². The molecule has 1 aromatic heterocycles. The Balaban J connectivity index is 3.43. The van der Waals surface area contributed by atoms with Crippen LogP contribution in [-0.2, 0) is 7.05 Å². The van der Waals surface area contributed by atoms with Crippen LogP contribution in [0, 0.1) is 0 Å². The molecule has 0 aromatic carbocycles. The molecule has 0 aliphatic rings. The van der Waals surface area contributed by atoms with E-state index in [1.165, 1.54) is 10.9 Å². The standard InChI is InChI=1S/C10H16N4O3/c1-10(2,3)14(9(16)17)8-6(7(11)15)5-12-13(8)4/h5H,1-4H3,(H2,11,15)(H,16,17). The van der Waals surface area contributed by atoms with Crippen LogP contribution in [-0.4, -0.2) is 32.4 Å². The minimum atomic E-state index is -1.16. The average Bonchev–Trinajstić information content (AvgIpc) is 2.45. The second-order valence-corrected chi connectivity index (χ2v) is 4.66. The first-order valence-corrected chi connectivity index (χ1v) is 5.01. The number of nitrogens with two attached hydrogens (primary N) is 1. The van der Waals surface area contributed by atoms with E-state index in [0.29, 0.717) is 0 Å². The average molecular weight is 240 g/mol. The molecule has 0 aliphatic carbocycles. The topological polar surface area (TPSA) is 101 Å². The van der Waals surface area contributed by atoms with Crippen LogP contribution in [0.25, 0.3) is 0 Å². The summed E-state index contributed by atoms with van der Waals surface area (Å²) in [5.74, 6) is -0.527. The quantitative estimate of drug-likeness (QED) is 0.798. The monoisotopic (exact) mass is 240 g/mol. The largest absolute Gasteiger partial charge is 0.465 e. The minimum absolute atomic E-state index is 0.0878. The molecule has 1 heterocycles. The third-order valence-electron chi connectivity index (χ3n) is 2.25. The molecule has 3 N–H and O–H groups in total. The molecular weight excluding hydrogens is 224 g/mol. The summed E-state index contributed by atoms with van der Waals surface area (Å²) in [6.45, 7) is 5.16. The number of nitrogens with zero attached hydrogens (tertiary/aromatic N) is 3. The third-order valence-corrected chi connectivity index (χ3v) is 2.25. The zero-order valence-corrected chi connectivity index (χ0v) is 10.3. The van der Waals surface area contributed by atoms with Crippen LogP contribution in [0.3, 0.4) is 0 Å². The molecule has 0 unspecified atom stereocenters. The van der Waals surface area contributed by atoms with Crippen molar-refractivity contribution in [2.45, 2.75) is 26.3 Å². The van der Waals surface area contributed by atoms with E-state index < -0.39 is 17.5 Å². The molecule has 0 fully saturated rings. The van der Waals surface area contributed by atoms with Crippen LogP contribution in [0.15, 0.2) is 6.20 Å². The number of anilines is 1. The van der Waals surface area contributed by atoms with E-state index in [-0.39, 0.29) is 11.4 Å². The lowest BCUT2D eigenvalue weighted by Crippen LogP contribution is -2.47. The Morgan fingerprint density at radius 2 is 2.00 bits per heavy atom. The van der Waals surface area contributed by atoms with Gasteiger partial charge < -0.3 is 10.8 Å². The van der Waals surface area contributed by atoms with Gasteiger partial charge in [0.25, 0.3) is 5.91 Å². The van der Waals surface area contributed by atoms with Gasteiger partial charge in [0.2, 0.25) is 0 Å². The van der Waals surface area contributed by atoms with Gasteiger partial charge in [-0.1, -0.05) is 0 Å². The number of hydrogen-bond donors (Lipinski definition) is 2. The van der Waals surface area contributed by atoms with Crippen molar-refractivity contribution in [3.8, 4) is 0 Å². The van der Waals surface area contributed by atoms with Gasteiger partial charge >= 0.3 is 6.09 Å². The van der Waals surface area contributed by atoms with E-state index in [1.54, 1.807) is 27.8 Å². The predicted molar refractivity (Wildman–Crippen MR) is 62.0 cm³/mol. The number of carbonyl (C=O) groups is 2. The van der Waals surface area contributed by atoms with Crippen molar-refractivity contribution in [3.05, 3.63) is 11.8 Å². The first kappa shape index (κ1) is 13.0. The number of amides is 2. The van der Waals surface area contributed by atoms with Gasteiger partial charge in [0.15, 0.2) is 0 Å². The van der Waals surface area contributed by atoms with Crippen molar-refractivity contribution >= 4 is 17.8 Å². The van der Waals surface area contributed by atoms with Crippen LogP contribution in [0.2, 0.25) is 0 Å². The number of aryl methyl sites for hydroxylation is 1. The van der Waals surface area contributed by atoms with E-state index in [2.05, 4.69) is 5.10 Å². The van der Waals surface area contributed by atoms with Gasteiger partial charge in [0.05, 0.1) is 6.20 Å². The van der Waals surface area contributed by atoms with Gasteiger partial charge in [-0.05, 0) is 20.8 Å². The van der Waals surface area contributed by atoms with Crippen LogP contribution in [0.5, 0.6) is 0 Å². The first-order valence-electron chi connectivity index (χ1n) is 5.01. The molecule has 0 aliphatic heterocycles. The fourth-order valence-electron chi connectivity index (χ4n) is 1.57. The maximum atomic E-state index is 11.3. The fraction of sp³-hybridized carbons (Fsp3) is 0.500. The highest BCUT2D eigenvalue weighted by Crippen LogP contribution is 2.26. The summed E-state index contributed by atoms with van der Waals surface area (Å²) in [6, 6.07) is 0. The van der Waals surface area contributed by atoms with Gasteiger partial charge in [-0.3, -0.25) is 14.4 Å². The zero-order valence-electron chi connectivity index (χ0n) is 10.3. The van der Waals surface area contributed by atoms with Gasteiger partial charge in [0, 0.05) is 12.6 Å². The molecule has 1 rings (SSSR count). The molecule has 0 saturated carbocycles. The molecule has 7 heteroatoms. The summed E-state index contributed by atoms with van der Waals surface area (Å²) in [5, 5.41) is 13.1. The van der Waals surface area contributed by atoms with Gasteiger partial charge in [-0.15, -0.1) is 0 Å². The Kier molecular flexibility index (Phi) is 3.12. The van der Waals surface area contributed by atoms with Crippen LogP contribution in [0.1, 0.15) is 31.1 Å². The summed E-state index contributed by atoms with van der Waals surface area (Å²) in [5.41, 5.74) is 4.58. The summed E-state index contributed by atoms with van der Waals surface area (Å²) in [7, 11) is 1.56. The van der Waals surface area contributed by atoms with Crippen LogP contribution >= 0.6 is 0 Å². The third kappa shape index (κ3) is 2.38. The summed E-state index contributed by atoms with van der Waals surface area (Å²) in [6.07, 6.45) is 0.0999. The van der Waals surface area contributed by atoms with Crippen molar-refractivity contribution < 1.29 is 14.7 Å². The van der Waals surface area contributed by atoms with Gasteiger partial charge in [0.1, 0.15) is 11.4 Å². The van der Waals surface area contributed by atoms with Crippen molar-refractivity contribution in [1.29, 1.82) is 0 Å². The molecular formula is C10H16N4O3. The maximum Gasteiger partial charge on any atom is 0.413 e. The van der Waals surface area contributed by atoms with Gasteiger partial charge in [-0.2, -0.15) is 5.10 Å². The molecule has 0 radical (unpaired) electrons. The molecule has 1 aromatic rings. The molecule has 0 saturated heterocycles. The van der Waals surface area contributed by atoms with Crippen molar-refractivity contribution in [3.63, 3.8) is 0 Å². The second kappa shape index (κ2) is 4.08. The Bertz CT molecular complexity index is 459. The Labute approximate surface area is 98.8 Å². The molecule has 0 bridgehead atoms. The highest BCUT2D eigenvalue weighted by molar-refractivity contribution is 6.01. The maximum absolute atomic E-state index is 11.3. The minimum Gasteiger partial charge on any atom is -0.465 e. The Hall–Kier alpha value is -2.05. The lowest BCUT2D eigenvalue weighted by molar-refractivity contribution is 0.100. The highest BCUT2D eigenvalue weighted by Gasteiger charge is 2.33. The first-order chi connectivity index (χ1) is 7.66. The predicted octanol–water partition coefficient (Wildman–Crippen LogP) is 0.802. The van der Waals surface area contributed by atoms with Crippen molar-refractivity contribution in [2.75, 3.05) is 4.90 Å². The van der Waals surface area contributed by atoms with E-state index in [0.717, 1.165) is 4.90 Å². The number of primary amides is 1. The SMILES string of the molecule is Cn1ncc(C(N)=O)c1N(C(=O)O)C(C)(C)C. The van der Waals surface area contributed by atoms with E-state index in [4.69, 9.17) is 5.73 Å². The number of rotatable bonds is 2. The molecule has 0 atom stereocenters.